The van der Waals surface area contributed by atoms with Crippen molar-refractivity contribution in [3.8, 4) is 10.7 Å². The lowest BCUT2D eigenvalue weighted by atomic mass is 9.99. The molecule has 1 saturated heterocycles. The lowest BCUT2D eigenvalue weighted by molar-refractivity contribution is 0.117. The molecule has 3 aromatic rings. The van der Waals surface area contributed by atoms with Crippen LogP contribution < -0.4 is 0 Å². The van der Waals surface area contributed by atoms with Crippen molar-refractivity contribution in [3.63, 3.8) is 0 Å². The van der Waals surface area contributed by atoms with Crippen LogP contribution in [-0.2, 0) is 6.54 Å². The number of halogens is 2. The first kappa shape index (κ1) is 15.1. The average molecular weight is 366 g/mol. The van der Waals surface area contributed by atoms with Crippen LogP contribution in [0, 0.1) is 0 Å². The predicted molar refractivity (Wildman–Crippen MR) is 92.1 cm³/mol. The molecule has 3 heterocycles. The Morgan fingerprint density at radius 3 is 2.87 bits per heavy atom. The first-order chi connectivity index (χ1) is 11.2. The van der Waals surface area contributed by atoms with Crippen LogP contribution in [0.3, 0.4) is 0 Å². The molecular weight excluding hydrogens is 353 g/mol. The molecule has 4 nitrogen and oxygen atoms in total. The lowest BCUT2D eigenvalue weighted by Gasteiger charge is -2.37. The second-order valence-corrected chi connectivity index (χ2v) is 7.35. The molecular formula is C16H13Cl2N3OS. The minimum absolute atomic E-state index is 0.294. The van der Waals surface area contributed by atoms with E-state index < -0.39 is 0 Å². The number of hydrogen-bond acceptors (Lipinski definition) is 5. The van der Waals surface area contributed by atoms with Gasteiger partial charge in [0.05, 0.1) is 10.8 Å². The summed E-state index contributed by atoms with van der Waals surface area (Å²) in [6.45, 7) is 2.59. The third-order valence-electron chi connectivity index (χ3n) is 3.90. The summed E-state index contributed by atoms with van der Waals surface area (Å²) in [6, 6.07) is 9.60. The maximum absolute atomic E-state index is 6.22. The minimum Gasteiger partial charge on any atom is -0.339 e. The third-order valence-corrected chi connectivity index (χ3v) is 5.35. The van der Waals surface area contributed by atoms with E-state index in [4.69, 9.17) is 27.7 Å². The number of benzene rings is 1. The van der Waals surface area contributed by atoms with Crippen molar-refractivity contribution >= 4 is 34.5 Å². The van der Waals surface area contributed by atoms with E-state index in [1.54, 1.807) is 17.4 Å². The number of nitrogens with zero attached hydrogens (tertiary/aromatic N) is 3. The fourth-order valence-electron chi connectivity index (χ4n) is 2.65. The normalized spacial score (nSPS) is 15.7. The van der Waals surface area contributed by atoms with Crippen LogP contribution in [0.2, 0.25) is 10.0 Å². The Labute approximate surface area is 147 Å². The van der Waals surface area contributed by atoms with Crippen molar-refractivity contribution in [2.75, 3.05) is 13.1 Å². The first-order valence-corrected chi connectivity index (χ1v) is 8.86. The molecule has 1 aromatic carbocycles. The Morgan fingerprint density at radius 2 is 2.13 bits per heavy atom. The Kier molecular flexibility index (Phi) is 4.11. The van der Waals surface area contributed by atoms with Gasteiger partial charge in [-0.25, -0.2) is 0 Å². The standard InChI is InChI=1S/C16H13Cl2N3OS/c17-12-4-3-10(13(18)6-12)7-21-8-11(9-21)16-19-15(20-22-16)14-2-1-5-23-14/h1-6,11H,7-9H2. The van der Waals surface area contributed by atoms with Gasteiger partial charge in [-0.3, -0.25) is 4.90 Å². The topological polar surface area (TPSA) is 42.2 Å². The van der Waals surface area contributed by atoms with Crippen LogP contribution in [-0.4, -0.2) is 28.1 Å². The summed E-state index contributed by atoms with van der Waals surface area (Å²) >= 11 is 13.8. The van der Waals surface area contributed by atoms with Gasteiger partial charge in [0, 0.05) is 29.7 Å². The number of thiophene rings is 1. The van der Waals surface area contributed by atoms with Gasteiger partial charge in [-0.1, -0.05) is 40.5 Å². The number of rotatable bonds is 4. The van der Waals surface area contributed by atoms with Gasteiger partial charge in [0.25, 0.3) is 0 Å². The second-order valence-electron chi connectivity index (χ2n) is 5.56. The van der Waals surface area contributed by atoms with E-state index in [0.717, 1.165) is 30.1 Å². The molecule has 7 heteroatoms. The summed E-state index contributed by atoms with van der Waals surface area (Å²) in [4.78, 5) is 7.84. The van der Waals surface area contributed by atoms with Crippen molar-refractivity contribution < 1.29 is 4.52 Å². The molecule has 0 N–H and O–H groups in total. The lowest BCUT2D eigenvalue weighted by Crippen LogP contribution is -2.44. The summed E-state index contributed by atoms with van der Waals surface area (Å²) in [7, 11) is 0. The number of hydrogen-bond donors (Lipinski definition) is 0. The highest BCUT2D eigenvalue weighted by Gasteiger charge is 2.32. The fraction of sp³-hybridized carbons (Fsp3) is 0.250. The van der Waals surface area contributed by atoms with Gasteiger partial charge >= 0.3 is 0 Å². The fourth-order valence-corrected chi connectivity index (χ4v) is 3.77. The van der Waals surface area contributed by atoms with E-state index in [9.17, 15) is 0 Å². The largest absolute Gasteiger partial charge is 0.339 e. The van der Waals surface area contributed by atoms with Crippen LogP contribution in [0.15, 0.2) is 40.2 Å². The van der Waals surface area contributed by atoms with E-state index in [1.807, 2.05) is 29.6 Å². The molecule has 0 aliphatic carbocycles. The SMILES string of the molecule is Clc1ccc(CN2CC(c3nc(-c4cccs4)no3)C2)c(Cl)c1. The van der Waals surface area contributed by atoms with E-state index in [0.29, 0.717) is 27.7 Å². The van der Waals surface area contributed by atoms with E-state index in [1.165, 1.54) is 0 Å². The Bertz CT molecular complexity index is 813. The van der Waals surface area contributed by atoms with E-state index in [-0.39, 0.29) is 0 Å². The molecule has 0 saturated carbocycles. The molecule has 0 atom stereocenters. The molecule has 1 fully saturated rings. The summed E-state index contributed by atoms with van der Waals surface area (Å²) in [6.07, 6.45) is 0. The zero-order chi connectivity index (χ0) is 15.8. The average Bonchev–Trinajstić information content (AvgIpc) is 3.15. The van der Waals surface area contributed by atoms with Crippen LogP contribution in [0.4, 0.5) is 0 Å². The molecule has 23 heavy (non-hydrogen) atoms. The van der Waals surface area contributed by atoms with Gasteiger partial charge in [0.1, 0.15) is 0 Å². The van der Waals surface area contributed by atoms with E-state index in [2.05, 4.69) is 15.0 Å². The zero-order valence-corrected chi connectivity index (χ0v) is 14.4. The zero-order valence-electron chi connectivity index (χ0n) is 12.1. The predicted octanol–water partition coefficient (Wildman–Crippen LogP) is 4.70. The Morgan fingerprint density at radius 1 is 1.26 bits per heavy atom. The maximum Gasteiger partial charge on any atom is 0.232 e. The van der Waals surface area contributed by atoms with Crippen molar-refractivity contribution in [1.82, 2.24) is 15.0 Å². The highest BCUT2D eigenvalue weighted by atomic mass is 35.5. The quantitative estimate of drug-likeness (QED) is 0.671. The van der Waals surface area contributed by atoms with Gasteiger partial charge in [-0.15, -0.1) is 11.3 Å². The summed E-state index contributed by atoms with van der Waals surface area (Å²) in [5.41, 5.74) is 1.08. The molecule has 0 spiro atoms. The Hall–Kier alpha value is -1.40. The second kappa shape index (κ2) is 6.24. The van der Waals surface area contributed by atoms with Gasteiger partial charge in [0.2, 0.25) is 11.7 Å². The van der Waals surface area contributed by atoms with Crippen LogP contribution >= 0.6 is 34.5 Å². The smallest absolute Gasteiger partial charge is 0.232 e. The third kappa shape index (κ3) is 3.15. The summed E-state index contributed by atoms with van der Waals surface area (Å²) < 4.78 is 5.41. The number of likely N-dealkylation sites (tertiary alicyclic amines) is 1. The molecule has 0 unspecified atom stereocenters. The monoisotopic (exact) mass is 365 g/mol. The van der Waals surface area contributed by atoms with Gasteiger partial charge in [-0.2, -0.15) is 4.98 Å². The summed E-state index contributed by atoms with van der Waals surface area (Å²) in [5, 5.41) is 7.44. The molecule has 2 aromatic heterocycles. The first-order valence-electron chi connectivity index (χ1n) is 7.23. The van der Waals surface area contributed by atoms with E-state index >= 15 is 0 Å². The van der Waals surface area contributed by atoms with Crippen LogP contribution in [0.1, 0.15) is 17.4 Å². The maximum atomic E-state index is 6.22. The highest BCUT2D eigenvalue weighted by molar-refractivity contribution is 7.13. The molecule has 4 rings (SSSR count). The highest BCUT2D eigenvalue weighted by Crippen LogP contribution is 2.31. The van der Waals surface area contributed by atoms with Crippen molar-refractivity contribution in [2.24, 2.45) is 0 Å². The number of aromatic nitrogens is 2. The van der Waals surface area contributed by atoms with Gasteiger partial charge < -0.3 is 4.52 Å². The molecule has 0 radical (unpaired) electrons. The van der Waals surface area contributed by atoms with Crippen molar-refractivity contribution in [2.45, 2.75) is 12.5 Å². The van der Waals surface area contributed by atoms with Crippen LogP contribution in [0.25, 0.3) is 10.7 Å². The van der Waals surface area contributed by atoms with Crippen molar-refractivity contribution in [3.05, 3.63) is 57.2 Å². The van der Waals surface area contributed by atoms with Gasteiger partial charge in [0.15, 0.2) is 0 Å². The Balaban J connectivity index is 1.38. The molecule has 0 amide bonds. The minimum atomic E-state index is 0.294. The van der Waals surface area contributed by atoms with Crippen molar-refractivity contribution in [1.29, 1.82) is 0 Å². The molecule has 1 aliphatic rings. The van der Waals surface area contributed by atoms with Gasteiger partial charge in [-0.05, 0) is 29.1 Å². The molecule has 118 valence electrons. The molecule has 1 aliphatic heterocycles. The van der Waals surface area contributed by atoms with Crippen LogP contribution in [0.5, 0.6) is 0 Å². The summed E-state index contributed by atoms with van der Waals surface area (Å²) in [5.74, 6) is 1.68. The molecule has 0 bridgehead atoms.